The Kier molecular flexibility index (Phi) is 4.27. The van der Waals surface area contributed by atoms with Crippen molar-refractivity contribution >= 4 is 0 Å². The smallest absolute Gasteiger partial charge is 0.123 e. The van der Waals surface area contributed by atoms with Crippen molar-refractivity contribution < 1.29 is 14.6 Å². The average Bonchev–Trinajstić information content (AvgIpc) is 2.64. The van der Waals surface area contributed by atoms with E-state index in [1.165, 1.54) is 17.2 Å². The second kappa shape index (κ2) is 6.19. The molecule has 0 aromatic heterocycles. The fourth-order valence-corrected chi connectivity index (χ4v) is 3.60. The highest BCUT2D eigenvalue weighted by molar-refractivity contribution is 5.45. The van der Waals surface area contributed by atoms with Gasteiger partial charge in [-0.25, -0.2) is 4.39 Å². The molecule has 2 aromatic rings. The number of halogens is 1. The molecule has 0 spiro atoms. The van der Waals surface area contributed by atoms with Gasteiger partial charge in [-0.2, -0.15) is 0 Å². The summed E-state index contributed by atoms with van der Waals surface area (Å²) < 4.78 is 13.7. The lowest BCUT2D eigenvalue weighted by molar-refractivity contribution is 0.0801. The fourth-order valence-electron chi connectivity index (χ4n) is 3.60. The zero-order valence-electron chi connectivity index (χ0n) is 12.7. The van der Waals surface area contributed by atoms with Crippen LogP contribution in [0.2, 0.25) is 0 Å². The van der Waals surface area contributed by atoms with Crippen molar-refractivity contribution in [2.24, 2.45) is 0 Å². The van der Waals surface area contributed by atoms with E-state index in [0.717, 1.165) is 17.5 Å². The predicted octanol–water partition coefficient (Wildman–Crippen LogP) is 3.36. The largest absolute Gasteiger partial charge is 0.394 e. The summed E-state index contributed by atoms with van der Waals surface area (Å²) >= 11 is 0. The van der Waals surface area contributed by atoms with Gasteiger partial charge in [-0.15, -0.1) is 0 Å². The van der Waals surface area contributed by atoms with Gasteiger partial charge in [0.05, 0.1) is 12.7 Å². The summed E-state index contributed by atoms with van der Waals surface area (Å²) in [6.45, 7) is 1.83. The second-order valence-electron chi connectivity index (χ2n) is 6.19. The molecule has 2 nitrogen and oxygen atoms in total. The first-order chi connectivity index (χ1) is 10.6. The third-order valence-corrected chi connectivity index (χ3v) is 4.77. The third kappa shape index (κ3) is 2.79. The molecule has 0 heterocycles. The van der Waals surface area contributed by atoms with Gasteiger partial charge >= 0.3 is 0 Å². The summed E-state index contributed by atoms with van der Waals surface area (Å²) in [7, 11) is 0. The van der Waals surface area contributed by atoms with Gasteiger partial charge < -0.3 is 10.2 Å². The van der Waals surface area contributed by atoms with Crippen LogP contribution in [0.5, 0.6) is 0 Å². The van der Waals surface area contributed by atoms with Gasteiger partial charge in [0.2, 0.25) is 0 Å². The first-order valence-electron chi connectivity index (χ1n) is 7.75. The van der Waals surface area contributed by atoms with Crippen molar-refractivity contribution in [2.45, 2.75) is 37.7 Å². The fraction of sp³-hybridized carbons (Fsp3) is 0.368. The third-order valence-electron chi connectivity index (χ3n) is 4.77. The molecule has 0 bridgehead atoms. The van der Waals surface area contributed by atoms with Gasteiger partial charge in [-0.1, -0.05) is 37.3 Å². The summed E-state index contributed by atoms with van der Waals surface area (Å²) in [5, 5.41) is 19.1. The molecule has 0 radical (unpaired) electrons. The minimum absolute atomic E-state index is 0.0707. The van der Waals surface area contributed by atoms with E-state index >= 15 is 0 Å². The quantitative estimate of drug-likeness (QED) is 0.912. The van der Waals surface area contributed by atoms with E-state index in [1.54, 1.807) is 6.07 Å². The van der Waals surface area contributed by atoms with Crippen molar-refractivity contribution in [3.05, 3.63) is 70.5 Å². The zero-order chi connectivity index (χ0) is 15.7. The molecule has 22 heavy (non-hydrogen) atoms. The highest BCUT2D eigenvalue weighted by Gasteiger charge is 2.30. The predicted molar refractivity (Wildman–Crippen MR) is 84.5 cm³/mol. The van der Waals surface area contributed by atoms with Gasteiger partial charge in [-0.05, 0) is 59.1 Å². The second-order valence-corrected chi connectivity index (χ2v) is 6.19. The lowest BCUT2D eigenvalue weighted by Crippen LogP contribution is -2.20. The van der Waals surface area contributed by atoms with Crippen LogP contribution in [0.3, 0.4) is 0 Å². The molecule has 3 heteroatoms. The molecule has 2 aromatic carbocycles. The highest BCUT2D eigenvalue weighted by Crippen LogP contribution is 2.42. The molecule has 0 fully saturated rings. The molecule has 0 aliphatic heterocycles. The van der Waals surface area contributed by atoms with Gasteiger partial charge in [-0.3, -0.25) is 0 Å². The Labute approximate surface area is 130 Å². The van der Waals surface area contributed by atoms with Gasteiger partial charge in [0.25, 0.3) is 0 Å². The molecule has 1 aliphatic rings. The van der Waals surface area contributed by atoms with Crippen LogP contribution >= 0.6 is 0 Å². The van der Waals surface area contributed by atoms with E-state index in [-0.39, 0.29) is 24.3 Å². The average molecular weight is 300 g/mol. The topological polar surface area (TPSA) is 40.5 Å². The Morgan fingerprint density at radius 1 is 1.14 bits per heavy atom. The number of benzene rings is 2. The monoisotopic (exact) mass is 300 g/mol. The lowest BCUT2D eigenvalue weighted by Gasteiger charge is -2.26. The Morgan fingerprint density at radius 2 is 1.86 bits per heavy atom. The van der Waals surface area contributed by atoms with Gasteiger partial charge in [0.15, 0.2) is 0 Å². The van der Waals surface area contributed by atoms with Crippen LogP contribution in [0.25, 0.3) is 0 Å². The number of hydrogen-bond acceptors (Lipinski definition) is 2. The molecule has 3 atom stereocenters. The van der Waals surface area contributed by atoms with Crippen molar-refractivity contribution in [3.63, 3.8) is 0 Å². The van der Waals surface area contributed by atoms with Crippen molar-refractivity contribution in [2.75, 3.05) is 6.61 Å². The van der Waals surface area contributed by atoms with Crippen LogP contribution in [0.4, 0.5) is 4.39 Å². The maximum absolute atomic E-state index is 13.7. The highest BCUT2D eigenvalue weighted by atomic mass is 19.1. The minimum atomic E-state index is -0.754. The van der Waals surface area contributed by atoms with Crippen LogP contribution in [0.15, 0.2) is 42.5 Å². The maximum Gasteiger partial charge on any atom is 0.123 e. The standard InChI is InChI=1S/C19H21FO2/c1-12-18-9-15(20)7-6-14(18)8-13-4-2-3-5-17(13)19(12)10-16(22)11-21/h2-7,9,12,16,19,21-22H,8,10-11H2,1H3/t12?,16-,19?/m1/s1. The van der Waals surface area contributed by atoms with Crippen molar-refractivity contribution in [1.29, 1.82) is 0 Å². The van der Waals surface area contributed by atoms with Crippen LogP contribution in [-0.4, -0.2) is 22.9 Å². The van der Waals surface area contributed by atoms with E-state index in [1.807, 2.05) is 18.2 Å². The Hall–Kier alpha value is -1.71. The Bertz CT molecular complexity index is 668. The van der Waals surface area contributed by atoms with E-state index in [0.29, 0.717) is 6.42 Å². The van der Waals surface area contributed by atoms with Crippen molar-refractivity contribution in [3.8, 4) is 0 Å². The van der Waals surface area contributed by atoms with E-state index < -0.39 is 6.10 Å². The summed E-state index contributed by atoms with van der Waals surface area (Å²) in [6.07, 6.45) is 0.502. The first kappa shape index (κ1) is 15.2. The van der Waals surface area contributed by atoms with E-state index in [4.69, 9.17) is 0 Å². The van der Waals surface area contributed by atoms with Crippen LogP contribution in [0.1, 0.15) is 47.4 Å². The molecule has 3 rings (SSSR count). The van der Waals surface area contributed by atoms with Crippen LogP contribution < -0.4 is 0 Å². The molecule has 0 saturated carbocycles. The van der Waals surface area contributed by atoms with Crippen LogP contribution in [0, 0.1) is 5.82 Å². The number of aliphatic hydroxyl groups is 2. The molecule has 2 N–H and O–H groups in total. The summed E-state index contributed by atoms with van der Waals surface area (Å²) in [5.41, 5.74) is 4.56. The SMILES string of the molecule is CC1c2cc(F)ccc2Cc2ccccc2C1C[C@@H](O)CO. The van der Waals surface area contributed by atoms with Gasteiger partial charge in [0.1, 0.15) is 5.82 Å². The van der Waals surface area contributed by atoms with E-state index in [9.17, 15) is 14.6 Å². The normalized spacial score (nSPS) is 21.6. The van der Waals surface area contributed by atoms with E-state index in [2.05, 4.69) is 19.1 Å². The maximum atomic E-state index is 13.7. The molecule has 2 unspecified atom stereocenters. The Morgan fingerprint density at radius 3 is 2.64 bits per heavy atom. The number of aliphatic hydroxyl groups excluding tert-OH is 2. The molecule has 0 amide bonds. The molecular weight excluding hydrogens is 279 g/mol. The molecule has 0 saturated heterocycles. The van der Waals surface area contributed by atoms with Gasteiger partial charge in [0, 0.05) is 0 Å². The summed E-state index contributed by atoms with van der Waals surface area (Å²) in [6, 6.07) is 13.2. The minimum Gasteiger partial charge on any atom is -0.394 e. The first-order valence-corrected chi connectivity index (χ1v) is 7.75. The lowest BCUT2D eigenvalue weighted by atomic mass is 9.79. The summed E-state index contributed by atoms with van der Waals surface area (Å²) in [5.74, 6) is -0.0602. The number of fused-ring (bicyclic) bond motifs is 2. The molecule has 1 aliphatic carbocycles. The zero-order valence-corrected chi connectivity index (χ0v) is 12.7. The van der Waals surface area contributed by atoms with Crippen LogP contribution in [-0.2, 0) is 6.42 Å². The summed E-state index contributed by atoms with van der Waals surface area (Å²) in [4.78, 5) is 0. The Balaban J connectivity index is 2.11. The molecular formula is C19H21FO2. The number of hydrogen-bond donors (Lipinski definition) is 2. The molecule has 116 valence electrons. The van der Waals surface area contributed by atoms with Crippen molar-refractivity contribution in [1.82, 2.24) is 0 Å². The number of rotatable bonds is 3.